The van der Waals surface area contributed by atoms with Crippen LogP contribution in [0.1, 0.15) is 25.7 Å². The van der Waals surface area contributed by atoms with E-state index in [-0.39, 0.29) is 5.54 Å². The molecule has 1 fully saturated rings. The van der Waals surface area contributed by atoms with Gasteiger partial charge in [0, 0.05) is 26.3 Å². The molecule has 4 nitrogen and oxygen atoms in total. The van der Waals surface area contributed by atoms with E-state index < -0.39 is 0 Å². The second-order valence-corrected chi connectivity index (χ2v) is 4.67. The Morgan fingerprint density at radius 1 is 1.62 bits per heavy atom. The molecule has 1 rings (SSSR count). The molecule has 1 aliphatic rings. The monoisotopic (exact) mass is 225 g/mol. The normalized spacial score (nSPS) is 29.6. The van der Waals surface area contributed by atoms with Crippen LogP contribution in [-0.2, 0) is 4.74 Å². The zero-order valence-corrected chi connectivity index (χ0v) is 10.6. The summed E-state index contributed by atoms with van der Waals surface area (Å²) in [4.78, 5) is 2.36. The van der Waals surface area contributed by atoms with Gasteiger partial charge in [-0.3, -0.25) is 0 Å². The minimum Gasteiger partial charge on any atom is -0.385 e. The second-order valence-electron chi connectivity index (χ2n) is 4.67. The molecule has 1 saturated carbocycles. The highest BCUT2D eigenvalue weighted by molar-refractivity contribution is 5.12. The van der Waals surface area contributed by atoms with E-state index in [2.05, 4.69) is 23.3 Å². The summed E-state index contributed by atoms with van der Waals surface area (Å²) in [6, 6.07) is 2.95. The van der Waals surface area contributed by atoms with Crippen molar-refractivity contribution in [2.24, 2.45) is 0 Å². The highest BCUT2D eigenvalue weighted by atomic mass is 16.5. The van der Waals surface area contributed by atoms with Crippen molar-refractivity contribution in [1.82, 2.24) is 10.2 Å². The first-order valence-corrected chi connectivity index (χ1v) is 5.97. The van der Waals surface area contributed by atoms with E-state index >= 15 is 0 Å². The standard InChI is InChI=1S/C12H23N3O/c1-14-12(10-13)6-5-11(9-12)15(2)7-4-8-16-3/h11,14H,4-9H2,1-3H3. The lowest BCUT2D eigenvalue weighted by molar-refractivity contribution is 0.164. The molecule has 0 bridgehead atoms. The van der Waals surface area contributed by atoms with Crippen LogP contribution in [0.25, 0.3) is 0 Å². The molecule has 0 heterocycles. The van der Waals surface area contributed by atoms with Gasteiger partial charge in [-0.25, -0.2) is 0 Å². The Labute approximate surface area is 98.6 Å². The molecule has 2 atom stereocenters. The quantitative estimate of drug-likeness (QED) is 0.685. The number of nitrogens with one attached hydrogen (secondary N) is 1. The van der Waals surface area contributed by atoms with Crippen LogP contribution in [0.15, 0.2) is 0 Å². The largest absolute Gasteiger partial charge is 0.385 e. The van der Waals surface area contributed by atoms with Gasteiger partial charge in [0.15, 0.2) is 0 Å². The van der Waals surface area contributed by atoms with Gasteiger partial charge in [-0.2, -0.15) is 5.26 Å². The van der Waals surface area contributed by atoms with Crippen LogP contribution < -0.4 is 5.32 Å². The van der Waals surface area contributed by atoms with Gasteiger partial charge < -0.3 is 15.0 Å². The van der Waals surface area contributed by atoms with E-state index in [1.807, 2.05) is 7.05 Å². The van der Waals surface area contributed by atoms with Crippen LogP contribution in [0, 0.1) is 11.3 Å². The van der Waals surface area contributed by atoms with Gasteiger partial charge in [0.25, 0.3) is 0 Å². The van der Waals surface area contributed by atoms with E-state index in [9.17, 15) is 5.26 Å². The van der Waals surface area contributed by atoms with Gasteiger partial charge in [0.05, 0.1) is 6.07 Å². The lowest BCUT2D eigenvalue weighted by atomic mass is 10.00. The highest BCUT2D eigenvalue weighted by Crippen LogP contribution is 2.31. The Kier molecular flexibility index (Phi) is 5.20. The lowest BCUT2D eigenvalue weighted by Crippen LogP contribution is -2.41. The first-order chi connectivity index (χ1) is 7.67. The fourth-order valence-electron chi connectivity index (χ4n) is 2.42. The minimum atomic E-state index is -0.291. The molecule has 0 aliphatic heterocycles. The summed E-state index contributed by atoms with van der Waals surface area (Å²) in [5, 5.41) is 12.3. The fourth-order valence-corrected chi connectivity index (χ4v) is 2.42. The van der Waals surface area contributed by atoms with Crippen molar-refractivity contribution < 1.29 is 4.74 Å². The Morgan fingerprint density at radius 2 is 2.38 bits per heavy atom. The van der Waals surface area contributed by atoms with Gasteiger partial charge in [0.2, 0.25) is 0 Å². The molecule has 0 aromatic heterocycles. The number of methoxy groups -OCH3 is 1. The van der Waals surface area contributed by atoms with Crippen LogP contribution in [0.5, 0.6) is 0 Å². The average Bonchev–Trinajstić information content (AvgIpc) is 2.74. The number of hydrogen-bond acceptors (Lipinski definition) is 4. The molecule has 16 heavy (non-hydrogen) atoms. The maximum atomic E-state index is 9.18. The summed E-state index contributed by atoms with van der Waals surface area (Å²) in [6.07, 6.45) is 4.06. The van der Waals surface area contributed by atoms with Crippen molar-refractivity contribution in [3.63, 3.8) is 0 Å². The summed E-state index contributed by atoms with van der Waals surface area (Å²) >= 11 is 0. The van der Waals surface area contributed by atoms with E-state index in [1.165, 1.54) is 0 Å². The van der Waals surface area contributed by atoms with Crippen molar-refractivity contribution >= 4 is 0 Å². The van der Waals surface area contributed by atoms with Gasteiger partial charge >= 0.3 is 0 Å². The Bertz CT molecular complexity index is 251. The molecular formula is C12H23N3O. The Morgan fingerprint density at radius 3 is 2.88 bits per heavy atom. The molecule has 2 unspecified atom stereocenters. The van der Waals surface area contributed by atoms with Crippen molar-refractivity contribution in [3.05, 3.63) is 0 Å². The molecule has 0 saturated heterocycles. The van der Waals surface area contributed by atoms with E-state index in [1.54, 1.807) is 7.11 Å². The third-order valence-electron chi connectivity index (χ3n) is 3.66. The predicted molar refractivity (Wildman–Crippen MR) is 64.2 cm³/mol. The van der Waals surface area contributed by atoms with Gasteiger partial charge in [-0.15, -0.1) is 0 Å². The maximum Gasteiger partial charge on any atom is 0.108 e. The molecule has 92 valence electrons. The smallest absolute Gasteiger partial charge is 0.108 e. The van der Waals surface area contributed by atoms with Gasteiger partial charge in [0.1, 0.15) is 5.54 Å². The van der Waals surface area contributed by atoms with Crippen LogP contribution in [0.4, 0.5) is 0 Å². The first kappa shape index (κ1) is 13.4. The molecule has 0 radical (unpaired) electrons. The number of hydrogen-bond donors (Lipinski definition) is 1. The van der Waals surface area contributed by atoms with Crippen LogP contribution >= 0.6 is 0 Å². The summed E-state index contributed by atoms with van der Waals surface area (Å²) in [5.41, 5.74) is -0.291. The van der Waals surface area contributed by atoms with Crippen LogP contribution in [0.2, 0.25) is 0 Å². The van der Waals surface area contributed by atoms with Crippen LogP contribution in [-0.4, -0.2) is 50.8 Å². The minimum absolute atomic E-state index is 0.291. The summed E-state index contributed by atoms with van der Waals surface area (Å²) in [7, 11) is 5.76. The van der Waals surface area contributed by atoms with Crippen LogP contribution in [0.3, 0.4) is 0 Å². The molecule has 1 N–H and O–H groups in total. The number of nitrogens with zero attached hydrogens (tertiary/aromatic N) is 2. The number of rotatable bonds is 6. The maximum absolute atomic E-state index is 9.18. The molecule has 0 amide bonds. The molecule has 0 spiro atoms. The third-order valence-corrected chi connectivity index (χ3v) is 3.66. The first-order valence-electron chi connectivity index (χ1n) is 5.97. The highest BCUT2D eigenvalue weighted by Gasteiger charge is 2.39. The zero-order chi connectivity index (χ0) is 12.0. The topological polar surface area (TPSA) is 48.3 Å². The summed E-state index contributed by atoms with van der Waals surface area (Å²) in [6.45, 7) is 1.86. The molecule has 0 aromatic rings. The van der Waals surface area contributed by atoms with Crippen molar-refractivity contribution in [2.75, 3.05) is 34.4 Å². The SMILES string of the molecule is CNC1(C#N)CCC(N(C)CCCOC)C1. The van der Waals surface area contributed by atoms with E-state index in [4.69, 9.17) is 4.74 Å². The second kappa shape index (κ2) is 6.19. The molecule has 1 aliphatic carbocycles. The fraction of sp³-hybridized carbons (Fsp3) is 0.917. The zero-order valence-electron chi connectivity index (χ0n) is 10.6. The Hall–Kier alpha value is -0.630. The van der Waals surface area contributed by atoms with E-state index in [0.29, 0.717) is 6.04 Å². The predicted octanol–water partition coefficient (Wildman–Crippen LogP) is 0.989. The number of nitriles is 1. The van der Waals surface area contributed by atoms with Gasteiger partial charge in [-0.1, -0.05) is 0 Å². The van der Waals surface area contributed by atoms with Crippen molar-refractivity contribution in [1.29, 1.82) is 5.26 Å². The van der Waals surface area contributed by atoms with Gasteiger partial charge in [-0.05, 0) is 39.8 Å². The molecular weight excluding hydrogens is 202 g/mol. The summed E-state index contributed by atoms with van der Waals surface area (Å²) < 4.78 is 5.05. The van der Waals surface area contributed by atoms with E-state index in [0.717, 1.165) is 38.8 Å². The lowest BCUT2D eigenvalue weighted by Gasteiger charge is -2.26. The number of ether oxygens (including phenoxy) is 1. The van der Waals surface area contributed by atoms with Crippen molar-refractivity contribution in [3.8, 4) is 6.07 Å². The molecule has 4 heteroatoms. The average molecular weight is 225 g/mol. The Balaban J connectivity index is 2.37. The molecule has 0 aromatic carbocycles. The van der Waals surface area contributed by atoms with Crippen molar-refractivity contribution in [2.45, 2.75) is 37.3 Å². The summed E-state index contributed by atoms with van der Waals surface area (Å²) in [5.74, 6) is 0. The third kappa shape index (κ3) is 3.18.